The third kappa shape index (κ3) is 2.80. The molecule has 1 aliphatic heterocycles. The molecule has 2 rings (SSSR count). The third-order valence-corrected chi connectivity index (χ3v) is 4.58. The van der Waals surface area contributed by atoms with E-state index >= 15 is 0 Å². The van der Waals surface area contributed by atoms with E-state index in [1.807, 2.05) is 32.9 Å². The summed E-state index contributed by atoms with van der Waals surface area (Å²) >= 11 is 0. The van der Waals surface area contributed by atoms with Gasteiger partial charge in [0.2, 0.25) is 0 Å². The van der Waals surface area contributed by atoms with Crippen molar-refractivity contribution in [2.24, 2.45) is 0 Å². The Kier molecular flexibility index (Phi) is 4.64. The van der Waals surface area contributed by atoms with Crippen molar-refractivity contribution in [2.45, 2.75) is 32.7 Å². The minimum absolute atomic E-state index is 0.539. The van der Waals surface area contributed by atoms with E-state index in [2.05, 4.69) is 21.8 Å². The molecular formula is C16H25N3O2. The molecule has 116 valence electrons. The smallest absolute Gasteiger partial charge is 0.328 e. The lowest BCUT2D eigenvalue weighted by Gasteiger charge is -2.44. The van der Waals surface area contributed by atoms with E-state index in [0.29, 0.717) is 6.42 Å². The van der Waals surface area contributed by atoms with Crippen LogP contribution >= 0.6 is 0 Å². The zero-order valence-electron chi connectivity index (χ0n) is 13.4. The molecule has 0 bridgehead atoms. The molecule has 2 heterocycles. The molecule has 1 fully saturated rings. The van der Waals surface area contributed by atoms with Gasteiger partial charge in [-0.15, -0.1) is 0 Å². The highest BCUT2D eigenvalue weighted by Gasteiger charge is 2.46. The molecule has 1 aliphatic rings. The number of rotatable bonds is 4. The SMILES string of the molecule is CCC(C(=O)O)(c1ccc(C)nc1C)N1CCN(C)CC1. The van der Waals surface area contributed by atoms with Crippen LogP contribution < -0.4 is 0 Å². The molecule has 1 aromatic heterocycles. The van der Waals surface area contributed by atoms with Crippen molar-refractivity contribution >= 4 is 5.97 Å². The second-order valence-corrected chi connectivity index (χ2v) is 5.89. The zero-order chi connectivity index (χ0) is 15.6. The number of carboxylic acids is 1. The topological polar surface area (TPSA) is 56.7 Å². The highest BCUT2D eigenvalue weighted by molar-refractivity contribution is 5.81. The Morgan fingerprint density at radius 3 is 2.38 bits per heavy atom. The van der Waals surface area contributed by atoms with Gasteiger partial charge in [-0.2, -0.15) is 0 Å². The van der Waals surface area contributed by atoms with E-state index in [-0.39, 0.29) is 0 Å². The number of hydrogen-bond donors (Lipinski definition) is 1. The van der Waals surface area contributed by atoms with E-state index in [0.717, 1.165) is 43.1 Å². The fourth-order valence-corrected chi connectivity index (χ4v) is 3.30. The number of pyridine rings is 1. The van der Waals surface area contributed by atoms with Crippen LogP contribution in [0, 0.1) is 13.8 Å². The summed E-state index contributed by atoms with van der Waals surface area (Å²) in [5.74, 6) is -0.775. The Morgan fingerprint density at radius 2 is 1.90 bits per heavy atom. The molecule has 0 aromatic carbocycles. The van der Waals surface area contributed by atoms with Gasteiger partial charge in [-0.1, -0.05) is 13.0 Å². The predicted octanol–water partition coefficient (Wildman–Crippen LogP) is 1.64. The van der Waals surface area contributed by atoms with Gasteiger partial charge >= 0.3 is 5.97 Å². The quantitative estimate of drug-likeness (QED) is 0.914. The van der Waals surface area contributed by atoms with E-state index in [9.17, 15) is 9.90 Å². The Bertz CT molecular complexity index is 524. The van der Waals surface area contributed by atoms with Crippen LogP contribution in [0.25, 0.3) is 0 Å². The highest BCUT2D eigenvalue weighted by Crippen LogP contribution is 2.35. The summed E-state index contributed by atoms with van der Waals surface area (Å²) in [4.78, 5) is 21.0. The molecule has 1 unspecified atom stereocenters. The summed E-state index contributed by atoms with van der Waals surface area (Å²) in [6, 6.07) is 3.85. The van der Waals surface area contributed by atoms with Crippen LogP contribution in [-0.4, -0.2) is 59.1 Å². The number of aliphatic carboxylic acids is 1. The predicted molar refractivity (Wildman–Crippen MR) is 82.4 cm³/mol. The Balaban J connectivity index is 2.48. The average Bonchev–Trinajstić information content (AvgIpc) is 2.43. The maximum absolute atomic E-state index is 12.2. The Labute approximate surface area is 126 Å². The van der Waals surface area contributed by atoms with Crippen LogP contribution in [0.4, 0.5) is 0 Å². The molecule has 1 saturated heterocycles. The van der Waals surface area contributed by atoms with E-state index in [4.69, 9.17) is 0 Å². The van der Waals surface area contributed by atoms with Gasteiger partial charge < -0.3 is 10.0 Å². The van der Waals surface area contributed by atoms with Gasteiger partial charge in [-0.3, -0.25) is 9.88 Å². The average molecular weight is 291 g/mol. The number of piperazine rings is 1. The van der Waals surface area contributed by atoms with Crippen LogP contribution in [-0.2, 0) is 10.3 Å². The number of aryl methyl sites for hydroxylation is 2. The second-order valence-electron chi connectivity index (χ2n) is 5.89. The summed E-state index contributed by atoms with van der Waals surface area (Å²) in [6.07, 6.45) is 0.539. The van der Waals surface area contributed by atoms with Crippen molar-refractivity contribution in [3.63, 3.8) is 0 Å². The van der Waals surface area contributed by atoms with Crippen LogP contribution in [0.15, 0.2) is 12.1 Å². The molecule has 0 saturated carbocycles. The van der Waals surface area contributed by atoms with Crippen molar-refractivity contribution < 1.29 is 9.90 Å². The monoisotopic (exact) mass is 291 g/mol. The first-order valence-corrected chi connectivity index (χ1v) is 7.53. The first-order valence-electron chi connectivity index (χ1n) is 7.53. The van der Waals surface area contributed by atoms with Gasteiger partial charge in [0.15, 0.2) is 0 Å². The molecule has 1 aromatic rings. The standard InChI is InChI=1S/C16H25N3O2/c1-5-16(15(20)21,19-10-8-18(4)9-11-19)14-7-6-12(2)17-13(14)3/h6-7H,5,8-11H2,1-4H3,(H,20,21). The number of carbonyl (C=O) groups is 1. The fraction of sp³-hybridized carbons (Fsp3) is 0.625. The summed E-state index contributed by atoms with van der Waals surface area (Å²) in [7, 11) is 2.07. The lowest BCUT2D eigenvalue weighted by atomic mass is 9.83. The molecule has 5 nitrogen and oxygen atoms in total. The van der Waals surface area contributed by atoms with E-state index in [1.54, 1.807) is 0 Å². The molecule has 21 heavy (non-hydrogen) atoms. The first-order chi connectivity index (χ1) is 9.91. The minimum atomic E-state index is -0.966. The van der Waals surface area contributed by atoms with Crippen molar-refractivity contribution in [2.75, 3.05) is 33.2 Å². The number of hydrogen-bond acceptors (Lipinski definition) is 4. The summed E-state index contributed by atoms with van der Waals surface area (Å²) < 4.78 is 0. The molecule has 0 spiro atoms. The van der Waals surface area contributed by atoms with Crippen LogP contribution in [0.1, 0.15) is 30.3 Å². The number of aromatic nitrogens is 1. The van der Waals surface area contributed by atoms with Crippen molar-refractivity contribution in [1.29, 1.82) is 0 Å². The van der Waals surface area contributed by atoms with Gasteiger partial charge in [0, 0.05) is 43.1 Å². The van der Waals surface area contributed by atoms with Crippen molar-refractivity contribution in [3.8, 4) is 0 Å². The molecule has 0 radical (unpaired) electrons. The normalized spacial score (nSPS) is 20.2. The Morgan fingerprint density at radius 1 is 1.29 bits per heavy atom. The minimum Gasteiger partial charge on any atom is -0.480 e. The number of likely N-dealkylation sites (N-methyl/N-ethyl adjacent to an activating group) is 1. The van der Waals surface area contributed by atoms with Crippen molar-refractivity contribution in [3.05, 3.63) is 29.1 Å². The zero-order valence-corrected chi connectivity index (χ0v) is 13.4. The number of carboxylic acid groups (broad SMARTS) is 1. The molecule has 1 atom stereocenters. The van der Waals surface area contributed by atoms with Gasteiger partial charge in [-0.25, -0.2) is 4.79 Å². The lowest BCUT2D eigenvalue weighted by molar-refractivity contribution is -0.154. The van der Waals surface area contributed by atoms with Crippen LogP contribution in [0.2, 0.25) is 0 Å². The molecule has 0 amide bonds. The second kappa shape index (κ2) is 6.12. The van der Waals surface area contributed by atoms with Gasteiger partial charge in [-0.05, 0) is 33.4 Å². The molecule has 5 heteroatoms. The van der Waals surface area contributed by atoms with Gasteiger partial charge in [0.05, 0.1) is 0 Å². The Hall–Kier alpha value is -1.46. The van der Waals surface area contributed by atoms with E-state index < -0.39 is 11.5 Å². The molecule has 1 N–H and O–H groups in total. The largest absolute Gasteiger partial charge is 0.480 e. The first kappa shape index (κ1) is 15.9. The molecular weight excluding hydrogens is 266 g/mol. The summed E-state index contributed by atoms with van der Waals surface area (Å²) in [5, 5.41) is 10.0. The number of nitrogens with zero attached hydrogens (tertiary/aromatic N) is 3. The summed E-state index contributed by atoms with van der Waals surface area (Å²) in [6.45, 7) is 9.12. The van der Waals surface area contributed by atoms with Crippen LogP contribution in [0.5, 0.6) is 0 Å². The van der Waals surface area contributed by atoms with E-state index in [1.165, 1.54) is 0 Å². The van der Waals surface area contributed by atoms with Gasteiger partial charge in [0.1, 0.15) is 5.54 Å². The lowest BCUT2D eigenvalue weighted by Crippen LogP contribution is -2.58. The highest BCUT2D eigenvalue weighted by atomic mass is 16.4. The van der Waals surface area contributed by atoms with Gasteiger partial charge in [0.25, 0.3) is 0 Å². The third-order valence-electron chi connectivity index (χ3n) is 4.58. The fourth-order valence-electron chi connectivity index (χ4n) is 3.30. The maximum atomic E-state index is 12.2. The molecule has 0 aliphatic carbocycles. The van der Waals surface area contributed by atoms with Crippen molar-refractivity contribution in [1.82, 2.24) is 14.8 Å². The van der Waals surface area contributed by atoms with Crippen LogP contribution in [0.3, 0.4) is 0 Å². The summed E-state index contributed by atoms with van der Waals surface area (Å²) in [5.41, 5.74) is 1.60. The maximum Gasteiger partial charge on any atom is 0.328 e.